The van der Waals surface area contributed by atoms with Crippen LogP contribution in [0.15, 0.2) is 22.4 Å². The maximum atomic E-state index is 5.79. The topological polar surface area (TPSA) is 35.2 Å². The van der Waals surface area contributed by atoms with Crippen LogP contribution < -0.4 is 10.5 Å². The highest BCUT2D eigenvalue weighted by Gasteiger charge is 2.09. The van der Waals surface area contributed by atoms with Gasteiger partial charge in [-0.1, -0.05) is 0 Å². The second-order valence-electron chi connectivity index (χ2n) is 2.68. The first-order valence-corrected chi connectivity index (χ1v) is 5.09. The van der Waals surface area contributed by atoms with Gasteiger partial charge in [-0.2, -0.15) is 0 Å². The molecule has 0 aliphatic heterocycles. The van der Waals surface area contributed by atoms with Crippen molar-refractivity contribution in [2.24, 2.45) is 0 Å². The van der Waals surface area contributed by atoms with E-state index in [1.54, 1.807) is 18.4 Å². The van der Waals surface area contributed by atoms with Crippen LogP contribution in [0.1, 0.15) is 0 Å². The molecule has 1 aromatic heterocycles. The standard InChI is InChI=1S/C9H9NOS2/c1-11-8-6(10)4-7(12)5-2-3-13-9(5)8/h2-4,12H,10H2,1H3. The first-order chi connectivity index (χ1) is 6.24. The minimum Gasteiger partial charge on any atom is -0.493 e. The molecule has 0 saturated heterocycles. The van der Waals surface area contributed by atoms with Gasteiger partial charge >= 0.3 is 0 Å². The van der Waals surface area contributed by atoms with Gasteiger partial charge < -0.3 is 10.5 Å². The van der Waals surface area contributed by atoms with Crippen molar-refractivity contribution in [3.63, 3.8) is 0 Å². The van der Waals surface area contributed by atoms with Crippen LogP contribution in [0.4, 0.5) is 5.69 Å². The van der Waals surface area contributed by atoms with Crippen molar-refractivity contribution in [3.8, 4) is 5.75 Å². The van der Waals surface area contributed by atoms with Gasteiger partial charge in [0, 0.05) is 10.3 Å². The van der Waals surface area contributed by atoms with Crippen molar-refractivity contribution in [2.75, 3.05) is 12.8 Å². The van der Waals surface area contributed by atoms with Gasteiger partial charge in [0.05, 0.1) is 17.5 Å². The largest absolute Gasteiger partial charge is 0.493 e. The van der Waals surface area contributed by atoms with Crippen molar-refractivity contribution in [1.29, 1.82) is 0 Å². The number of ether oxygens (including phenoxy) is 1. The van der Waals surface area contributed by atoms with Crippen LogP contribution in [-0.4, -0.2) is 7.11 Å². The summed E-state index contributed by atoms with van der Waals surface area (Å²) in [6.45, 7) is 0. The van der Waals surface area contributed by atoms with Crippen LogP contribution in [0.2, 0.25) is 0 Å². The van der Waals surface area contributed by atoms with Gasteiger partial charge in [-0.3, -0.25) is 0 Å². The van der Waals surface area contributed by atoms with E-state index in [1.807, 2.05) is 17.5 Å². The lowest BCUT2D eigenvalue weighted by molar-refractivity contribution is 0.422. The van der Waals surface area contributed by atoms with E-state index in [2.05, 4.69) is 12.6 Å². The van der Waals surface area contributed by atoms with E-state index in [4.69, 9.17) is 10.5 Å². The third-order valence-electron chi connectivity index (χ3n) is 1.91. The van der Waals surface area contributed by atoms with Crippen LogP contribution in [0, 0.1) is 0 Å². The molecule has 0 unspecified atom stereocenters. The van der Waals surface area contributed by atoms with Crippen LogP contribution >= 0.6 is 24.0 Å². The zero-order valence-corrected chi connectivity index (χ0v) is 8.78. The molecule has 0 fully saturated rings. The molecule has 0 atom stereocenters. The molecule has 0 bridgehead atoms. The van der Waals surface area contributed by atoms with Crippen LogP contribution in [0.5, 0.6) is 5.75 Å². The fourth-order valence-corrected chi connectivity index (χ4v) is 2.67. The lowest BCUT2D eigenvalue weighted by atomic mass is 10.2. The van der Waals surface area contributed by atoms with Crippen molar-refractivity contribution in [1.82, 2.24) is 0 Å². The van der Waals surface area contributed by atoms with Crippen LogP contribution in [0.3, 0.4) is 0 Å². The first kappa shape index (κ1) is 8.72. The van der Waals surface area contributed by atoms with E-state index in [0.29, 0.717) is 5.69 Å². The first-order valence-electron chi connectivity index (χ1n) is 3.76. The fourth-order valence-electron chi connectivity index (χ4n) is 1.32. The summed E-state index contributed by atoms with van der Waals surface area (Å²) in [5.74, 6) is 0.753. The Labute approximate surface area is 85.7 Å². The zero-order chi connectivity index (χ0) is 9.42. The Bertz CT molecular complexity index is 450. The highest BCUT2D eigenvalue weighted by molar-refractivity contribution is 7.80. The molecule has 0 aliphatic carbocycles. The number of thiophene rings is 1. The molecule has 4 heteroatoms. The Morgan fingerprint density at radius 3 is 3.00 bits per heavy atom. The lowest BCUT2D eigenvalue weighted by Gasteiger charge is -2.06. The minimum absolute atomic E-state index is 0.641. The lowest BCUT2D eigenvalue weighted by Crippen LogP contribution is -1.92. The van der Waals surface area contributed by atoms with E-state index < -0.39 is 0 Å². The number of hydrogen-bond acceptors (Lipinski definition) is 4. The normalized spacial score (nSPS) is 10.6. The summed E-state index contributed by atoms with van der Waals surface area (Å²) in [4.78, 5) is 0.898. The number of hydrogen-bond donors (Lipinski definition) is 2. The Morgan fingerprint density at radius 1 is 1.54 bits per heavy atom. The molecule has 0 aliphatic rings. The minimum atomic E-state index is 0.641. The molecular formula is C9H9NOS2. The third-order valence-corrected chi connectivity index (χ3v) is 3.19. The predicted molar refractivity (Wildman–Crippen MR) is 60.0 cm³/mol. The van der Waals surface area contributed by atoms with Gasteiger partial charge in [-0.15, -0.1) is 24.0 Å². The molecule has 68 valence electrons. The Balaban J connectivity index is 2.88. The molecule has 1 heterocycles. The molecule has 0 amide bonds. The second kappa shape index (κ2) is 3.12. The second-order valence-corrected chi connectivity index (χ2v) is 4.08. The maximum Gasteiger partial charge on any atom is 0.159 e. The summed E-state index contributed by atoms with van der Waals surface area (Å²) in [5, 5.41) is 3.10. The predicted octanol–water partition coefficient (Wildman–Crippen LogP) is 2.78. The summed E-state index contributed by atoms with van der Waals surface area (Å²) >= 11 is 5.96. The van der Waals surface area contributed by atoms with E-state index in [-0.39, 0.29) is 0 Å². The molecule has 1 aromatic carbocycles. The maximum absolute atomic E-state index is 5.79. The summed E-state index contributed by atoms with van der Waals surface area (Å²) in [5.41, 5.74) is 6.43. The summed E-state index contributed by atoms with van der Waals surface area (Å²) in [7, 11) is 1.63. The number of methoxy groups -OCH3 is 1. The molecule has 2 aromatic rings. The number of anilines is 1. The van der Waals surface area contributed by atoms with Crippen molar-refractivity contribution < 1.29 is 4.74 Å². The van der Waals surface area contributed by atoms with Crippen LogP contribution in [0.25, 0.3) is 10.1 Å². The number of rotatable bonds is 1. The summed E-state index contributed by atoms with van der Waals surface area (Å²) in [6.07, 6.45) is 0. The zero-order valence-electron chi connectivity index (χ0n) is 7.07. The van der Waals surface area contributed by atoms with Gasteiger partial charge in [0.2, 0.25) is 0 Å². The van der Waals surface area contributed by atoms with E-state index in [1.165, 1.54) is 0 Å². The van der Waals surface area contributed by atoms with Crippen molar-refractivity contribution in [3.05, 3.63) is 17.5 Å². The quantitative estimate of drug-likeness (QED) is 0.562. The monoisotopic (exact) mass is 211 g/mol. The van der Waals surface area contributed by atoms with Crippen LogP contribution in [-0.2, 0) is 0 Å². The highest BCUT2D eigenvalue weighted by Crippen LogP contribution is 2.39. The number of nitrogen functional groups attached to an aromatic ring is 1. The SMILES string of the molecule is COc1c(N)cc(S)c2ccsc12. The van der Waals surface area contributed by atoms with Gasteiger partial charge in [0.1, 0.15) is 0 Å². The van der Waals surface area contributed by atoms with E-state index in [9.17, 15) is 0 Å². The molecule has 0 radical (unpaired) electrons. The van der Waals surface area contributed by atoms with Crippen molar-refractivity contribution in [2.45, 2.75) is 4.90 Å². The molecule has 2 rings (SSSR count). The summed E-state index contributed by atoms with van der Waals surface area (Å²) in [6, 6.07) is 3.83. The Kier molecular flexibility index (Phi) is 2.09. The molecular weight excluding hydrogens is 202 g/mol. The Hall–Kier alpha value is -0.870. The van der Waals surface area contributed by atoms with Gasteiger partial charge in [0.15, 0.2) is 5.75 Å². The summed E-state index contributed by atoms with van der Waals surface area (Å²) < 4.78 is 6.29. The smallest absolute Gasteiger partial charge is 0.159 e. The highest BCUT2D eigenvalue weighted by atomic mass is 32.1. The number of fused-ring (bicyclic) bond motifs is 1. The number of nitrogens with two attached hydrogens (primary N) is 1. The molecule has 0 saturated carbocycles. The Morgan fingerprint density at radius 2 is 2.31 bits per heavy atom. The third kappa shape index (κ3) is 1.26. The van der Waals surface area contributed by atoms with Gasteiger partial charge in [-0.25, -0.2) is 0 Å². The number of benzene rings is 1. The average molecular weight is 211 g/mol. The van der Waals surface area contributed by atoms with Crippen molar-refractivity contribution >= 4 is 39.7 Å². The van der Waals surface area contributed by atoms with E-state index >= 15 is 0 Å². The molecule has 0 spiro atoms. The number of thiol groups is 1. The molecule has 13 heavy (non-hydrogen) atoms. The molecule has 2 N–H and O–H groups in total. The average Bonchev–Trinajstić information content (AvgIpc) is 2.53. The fraction of sp³-hybridized carbons (Fsp3) is 0.111. The molecule has 2 nitrogen and oxygen atoms in total. The van der Waals surface area contributed by atoms with E-state index in [0.717, 1.165) is 20.7 Å². The van der Waals surface area contributed by atoms with Gasteiger partial charge in [-0.05, 0) is 17.5 Å². The van der Waals surface area contributed by atoms with Gasteiger partial charge in [0.25, 0.3) is 0 Å².